The Kier molecular flexibility index (Phi) is 4.29. The summed E-state index contributed by atoms with van der Waals surface area (Å²) >= 11 is 0. The SMILES string of the molecule is O[B]Oc1cncc(-c2cc(-c3ccccc3F)nc3ncccc23)c1. The van der Waals surface area contributed by atoms with Crippen LogP contribution in [-0.4, -0.2) is 27.7 Å². The van der Waals surface area contributed by atoms with Gasteiger partial charge in [-0.2, -0.15) is 0 Å². The number of hydrogen-bond acceptors (Lipinski definition) is 5. The van der Waals surface area contributed by atoms with Crippen LogP contribution in [0.3, 0.4) is 0 Å². The summed E-state index contributed by atoms with van der Waals surface area (Å²) in [7, 11) is 0.595. The lowest BCUT2D eigenvalue weighted by Gasteiger charge is -2.11. The first-order valence-electron chi connectivity index (χ1n) is 7.85. The van der Waals surface area contributed by atoms with Gasteiger partial charge in [0.05, 0.1) is 11.9 Å². The number of rotatable bonds is 4. The van der Waals surface area contributed by atoms with Crippen LogP contribution < -0.4 is 4.65 Å². The Hall–Kier alpha value is -3.32. The normalized spacial score (nSPS) is 10.7. The topological polar surface area (TPSA) is 68.1 Å². The van der Waals surface area contributed by atoms with Crippen molar-refractivity contribution in [3.05, 3.63) is 72.9 Å². The molecule has 0 saturated heterocycles. The molecule has 4 aromatic rings. The van der Waals surface area contributed by atoms with Gasteiger partial charge in [0.2, 0.25) is 0 Å². The summed E-state index contributed by atoms with van der Waals surface area (Å²) in [5, 5.41) is 9.64. The van der Waals surface area contributed by atoms with Crippen LogP contribution in [0.4, 0.5) is 4.39 Å². The fraction of sp³-hybridized carbons (Fsp3) is 0. The molecule has 1 N–H and O–H groups in total. The third kappa shape index (κ3) is 3.00. The summed E-state index contributed by atoms with van der Waals surface area (Å²) in [6.45, 7) is 0. The number of nitrogens with zero attached hydrogens (tertiary/aromatic N) is 3. The number of pyridine rings is 3. The van der Waals surface area contributed by atoms with Crippen molar-refractivity contribution in [1.29, 1.82) is 0 Å². The molecular formula is C19H12BFN3O2. The van der Waals surface area contributed by atoms with E-state index >= 15 is 0 Å². The molecule has 0 bridgehead atoms. The Morgan fingerprint density at radius 1 is 1.00 bits per heavy atom. The number of halogens is 1. The summed E-state index contributed by atoms with van der Waals surface area (Å²) in [6.07, 6.45) is 4.79. The molecule has 5 nitrogen and oxygen atoms in total. The Bertz CT molecular complexity index is 1090. The summed E-state index contributed by atoms with van der Waals surface area (Å²) in [5.74, 6) is 0.0256. The molecule has 3 heterocycles. The van der Waals surface area contributed by atoms with Crippen molar-refractivity contribution in [2.24, 2.45) is 0 Å². The highest BCUT2D eigenvalue weighted by Crippen LogP contribution is 2.33. The van der Waals surface area contributed by atoms with Gasteiger partial charge in [-0.05, 0) is 42.0 Å². The van der Waals surface area contributed by atoms with Crippen molar-refractivity contribution < 1.29 is 14.1 Å². The predicted molar refractivity (Wildman–Crippen MR) is 96.8 cm³/mol. The minimum Gasteiger partial charge on any atom is -0.536 e. The quantitative estimate of drug-likeness (QED) is 0.575. The van der Waals surface area contributed by atoms with Crippen LogP contribution in [0.1, 0.15) is 0 Å². The highest BCUT2D eigenvalue weighted by Gasteiger charge is 2.13. The fourth-order valence-electron chi connectivity index (χ4n) is 2.79. The molecule has 1 radical (unpaired) electrons. The van der Waals surface area contributed by atoms with Gasteiger partial charge in [-0.1, -0.05) is 12.1 Å². The van der Waals surface area contributed by atoms with Gasteiger partial charge in [-0.15, -0.1) is 0 Å². The smallest absolute Gasteiger partial charge is 0.536 e. The van der Waals surface area contributed by atoms with E-state index in [2.05, 4.69) is 15.0 Å². The summed E-state index contributed by atoms with van der Waals surface area (Å²) in [5.41, 5.74) is 2.90. The van der Waals surface area contributed by atoms with Crippen molar-refractivity contribution >= 4 is 18.7 Å². The summed E-state index contributed by atoms with van der Waals surface area (Å²) < 4.78 is 19.2. The first-order chi connectivity index (χ1) is 12.8. The van der Waals surface area contributed by atoms with Crippen LogP contribution in [-0.2, 0) is 0 Å². The number of benzene rings is 1. The maximum absolute atomic E-state index is 14.2. The minimum absolute atomic E-state index is 0.355. The molecule has 0 aliphatic heterocycles. The second kappa shape index (κ2) is 6.89. The van der Waals surface area contributed by atoms with Gasteiger partial charge in [-0.25, -0.2) is 14.4 Å². The second-order valence-electron chi connectivity index (χ2n) is 5.54. The highest BCUT2D eigenvalue weighted by molar-refractivity contribution is 6.17. The molecule has 0 atom stereocenters. The summed E-state index contributed by atoms with van der Waals surface area (Å²) in [6, 6.07) is 13.7. The molecule has 26 heavy (non-hydrogen) atoms. The predicted octanol–water partition coefficient (Wildman–Crippen LogP) is 3.40. The lowest BCUT2D eigenvalue weighted by atomic mass is 10.0. The van der Waals surface area contributed by atoms with Gasteiger partial charge in [0, 0.05) is 28.9 Å². The zero-order chi connectivity index (χ0) is 17.9. The van der Waals surface area contributed by atoms with Crippen LogP contribution in [0.5, 0.6) is 5.75 Å². The molecule has 3 aromatic heterocycles. The van der Waals surface area contributed by atoms with Gasteiger partial charge >= 0.3 is 7.69 Å². The highest BCUT2D eigenvalue weighted by atomic mass is 19.1. The number of aromatic nitrogens is 3. The molecule has 0 fully saturated rings. The van der Waals surface area contributed by atoms with E-state index in [1.54, 1.807) is 42.7 Å². The first-order valence-corrected chi connectivity index (χ1v) is 7.85. The molecule has 0 spiro atoms. The van der Waals surface area contributed by atoms with Crippen LogP contribution >= 0.6 is 0 Å². The second-order valence-corrected chi connectivity index (χ2v) is 5.54. The average molecular weight is 344 g/mol. The number of fused-ring (bicyclic) bond motifs is 1. The van der Waals surface area contributed by atoms with Crippen LogP contribution in [0.25, 0.3) is 33.4 Å². The summed E-state index contributed by atoms with van der Waals surface area (Å²) in [4.78, 5) is 12.9. The molecule has 0 aliphatic carbocycles. The zero-order valence-corrected chi connectivity index (χ0v) is 13.5. The molecule has 4 rings (SSSR count). The molecular weight excluding hydrogens is 332 g/mol. The molecule has 7 heteroatoms. The van der Waals surface area contributed by atoms with Crippen molar-refractivity contribution in [3.8, 4) is 28.1 Å². The average Bonchev–Trinajstić information content (AvgIpc) is 2.68. The van der Waals surface area contributed by atoms with E-state index in [0.717, 1.165) is 16.5 Å². The van der Waals surface area contributed by atoms with Gasteiger partial charge in [-0.3, -0.25) is 4.98 Å². The fourth-order valence-corrected chi connectivity index (χ4v) is 2.79. The molecule has 0 saturated carbocycles. The van der Waals surface area contributed by atoms with E-state index in [1.807, 2.05) is 12.1 Å². The number of hydrogen-bond donors (Lipinski definition) is 1. The molecule has 0 aliphatic rings. The molecule has 0 unspecified atom stereocenters. The Morgan fingerprint density at radius 3 is 2.73 bits per heavy atom. The van der Waals surface area contributed by atoms with E-state index in [1.165, 1.54) is 12.3 Å². The third-order valence-electron chi connectivity index (χ3n) is 3.95. The monoisotopic (exact) mass is 344 g/mol. The van der Waals surface area contributed by atoms with Gasteiger partial charge < -0.3 is 9.68 Å². The van der Waals surface area contributed by atoms with Gasteiger partial charge in [0.25, 0.3) is 0 Å². The van der Waals surface area contributed by atoms with Crippen molar-refractivity contribution in [2.45, 2.75) is 0 Å². The van der Waals surface area contributed by atoms with E-state index in [4.69, 9.17) is 9.68 Å². The Balaban J connectivity index is 1.96. The van der Waals surface area contributed by atoms with Gasteiger partial charge in [0.1, 0.15) is 11.6 Å². The lowest BCUT2D eigenvalue weighted by molar-refractivity contribution is 0.452. The molecule has 125 valence electrons. The minimum atomic E-state index is -0.355. The third-order valence-corrected chi connectivity index (χ3v) is 3.95. The first kappa shape index (κ1) is 16.2. The maximum Gasteiger partial charge on any atom is 0.569 e. The van der Waals surface area contributed by atoms with E-state index in [-0.39, 0.29) is 5.82 Å². The van der Waals surface area contributed by atoms with Crippen LogP contribution in [0.2, 0.25) is 0 Å². The largest absolute Gasteiger partial charge is 0.569 e. The van der Waals surface area contributed by atoms with E-state index in [9.17, 15) is 4.39 Å². The van der Waals surface area contributed by atoms with E-state index < -0.39 is 0 Å². The van der Waals surface area contributed by atoms with Crippen molar-refractivity contribution in [1.82, 2.24) is 15.0 Å². The van der Waals surface area contributed by atoms with Crippen LogP contribution in [0, 0.1) is 5.82 Å². The van der Waals surface area contributed by atoms with E-state index in [0.29, 0.717) is 30.3 Å². The standard InChI is InChI=1S/C19H12BFN3O2/c21-17-6-2-1-4-15(17)18-9-16(14-5-3-7-23-19(14)24-18)12-8-13(26-20-25)11-22-10-12/h1-11,25H. The van der Waals surface area contributed by atoms with Crippen molar-refractivity contribution in [2.75, 3.05) is 0 Å². The van der Waals surface area contributed by atoms with Crippen LogP contribution in [0.15, 0.2) is 67.1 Å². The molecule has 1 aromatic carbocycles. The van der Waals surface area contributed by atoms with Crippen molar-refractivity contribution in [3.63, 3.8) is 0 Å². The molecule has 0 amide bonds. The lowest BCUT2D eigenvalue weighted by Crippen LogP contribution is -2.00. The Labute approximate surface area is 149 Å². The Morgan fingerprint density at radius 2 is 1.88 bits per heavy atom. The maximum atomic E-state index is 14.2. The zero-order valence-electron chi connectivity index (χ0n) is 13.5. The van der Waals surface area contributed by atoms with Gasteiger partial charge in [0.15, 0.2) is 5.65 Å².